The molecule has 0 spiro atoms. The van der Waals surface area contributed by atoms with E-state index in [9.17, 15) is 13.6 Å². The van der Waals surface area contributed by atoms with Crippen LogP contribution in [-0.4, -0.2) is 25.4 Å². The van der Waals surface area contributed by atoms with Crippen molar-refractivity contribution in [1.82, 2.24) is 30.7 Å². The van der Waals surface area contributed by atoms with Gasteiger partial charge in [-0.25, -0.2) is 8.78 Å². The van der Waals surface area contributed by atoms with Crippen LogP contribution in [0.1, 0.15) is 11.3 Å². The van der Waals surface area contributed by atoms with Crippen LogP contribution in [0.3, 0.4) is 0 Å². The first kappa shape index (κ1) is 17.8. The van der Waals surface area contributed by atoms with Crippen LogP contribution < -0.4 is 10.9 Å². The molecule has 7 nitrogen and oxygen atoms in total. The Labute approximate surface area is 157 Å². The Balaban J connectivity index is 1.45. The highest BCUT2D eigenvalue weighted by Crippen LogP contribution is 2.27. The molecule has 28 heavy (non-hydrogen) atoms. The third kappa shape index (κ3) is 3.74. The summed E-state index contributed by atoms with van der Waals surface area (Å²) in [6, 6.07) is 8.86. The van der Waals surface area contributed by atoms with Crippen LogP contribution in [0.15, 0.2) is 53.6 Å². The lowest BCUT2D eigenvalue weighted by molar-refractivity contribution is 0.506. The molecule has 4 rings (SSSR count). The number of nitrogens with one attached hydrogen (secondary N) is 4. The van der Waals surface area contributed by atoms with E-state index in [-0.39, 0.29) is 5.56 Å². The summed E-state index contributed by atoms with van der Waals surface area (Å²) in [5.41, 5.74) is 4.20. The van der Waals surface area contributed by atoms with Gasteiger partial charge in [-0.2, -0.15) is 15.4 Å². The highest BCUT2D eigenvalue weighted by Gasteiger charge is 2.14. The Kier molecular flexibility index (Phi) is 4.81. The van der Waals surface area contributed by atoms with Crippen molar-refractivity contribution in [2.75, 3.05) is 0 Å². The zero-order valence-electron chi connectivity index (χ0n) is 14.6. The number of halogens is 2. The number of nitrogens with zero attached hydrogens (tertiary/aromatic N) is 2. The van der Waals surface area contributed by atoms with E-state index in [4.69, 9.17) is 0 Å². The lowest BCUT2D eigenvalue weighted by atomic mass is 10.1. The van der Waals surface area contributed by atoms with E-state index in [0.717, 1.165) is 22.9 Å². The van der Waals surface area contributed by atoms with Gasteiger partial charge in [-0.1, -0.05) is 6.07 Å². The number of rotatable bonds is 6. The van der Waals surface area contributed by atoms with Crippen LogP contribution in [0.2, 0.25) is 0 Å². The minimum Gasteiger partial charge on any atom is -0.363 e. The molecule has 0 aliphatic rings. The first-order chi connectivity index (χ1) is 13.6. The highest BCUT2D eigenvalue weighted by atomic mass is 19.2. The fourth-order valence-electron chi connectivity index (χ4n) is 2.86. The fraction of sp³-hybridized carbons (Fsp3) is 0.105. The molecule has 0 saturated carbocycles. The van der Waals surface area contributed by atoms with Gasteiger partial charge in [0, 0.05) is 48.4 Å². The number of hydrogen-bond donors (Lipinski definition) is 4. The molecule has 0 unspecified atom stereocenters. The number of aromatic amines is 3. The number of benzene rings is 1. The highest BCUT2D eigenvalue weighted by molar-refractivity contribution is 5.76. The molecule has 142 valence electrons. The van der Waals surface area contributed by atoms with Crippen LogP contribution >= 0.6 is 0 Å². The molecule has 0 aliphatic heterocycles. The summed E-state index contributed by atoms with van der Waals surface area (Å²) < 4.78 is 26.2. The van der Waals surface area contributed by atoms with Gasteiger partial charge >= 0.3 is 0 Å². The third-order valence-corrected chi connectivity index (χ3v) is 4.25. The van der Waals surface area contributed by atoms with Crippen molar-refractivity contribution in [2.45, 2.75) is 13.1 Å². The van der Waals surface area contributed by atoms with E-state index in [1.54, 1.807) is 12.3 Å². The molecule has 4 N–H and O–H groups in total. The molecule has 1 aromatic carbocycles. The standard InChI is InChI=1S/C19H16F2N6O/c20-15-3-1-11(5-16(15)21)7-22-10-14-6-13(9-23-14)19-18(25-27-26-19)12-2-4-17(28)24-8-12/h1-6,8-9,22-23H,7,10H2,(H,24,28)(H,25,26,27). The average molecular weight is 382 g/mol. The van der Waals surface area contributed by atoms with Crippen molar-refractivity contribution < 1.29 is 8.78 Å². The molecule has 0 bridgehead atoms. The third-order valence-electron chi connectivity index (χ3n) is 4.25. The predicted molar refractivity (Wildman–Crippen MR) is 99.1 cm³/mol. The van der Waals surface area contributed by atoms with E-state index < -0.39 is 11.6 Å². The fourth-order valence-corrected chi connectivity index (χ4v) is 2.86. The van der Waals surface area contributed by atoms with Crippen LogP contribution in [-0.2, 0) is 13.1 Å². The maximum absolute atomic E-state index is 13.2. The molecule has 0 aliphatic carbocycles. The minimum atomic E-state index is -0.859. The van der Waals surface area contributed by atoms with Gasteiger partial charge in [-0.15, -0.1) is 0 Å². The summed E-state index contributed by atoms with van der Waals surface area (Å²) in [5, 5.41) is 14.1. The second-order valence-electron chi connectivity index (χ2n) is 6.23. The zero-order chi connectivity index (χ0) is 19.5. The van der Waals surface area contributed by atoms with Gasteiger partial charge in [0.25, 0.3) is 0 Å². The molecule has 0 fully saturated rings. The van der Waals surface area contributed by atoms with Gasteiger partial charge in [0.2, 0.25) is 5.56 Å². The average Bonchev–Trinajstić information content (AvgIpc) is 3.34. The Hall–Kier alpha value is -3.59. The van der Waals surface area contributed by atoms with Crippen molar-refractivity contribution in [3.05, 3.63) is 82.0 Å². The van der Waals surface area contributed by atoms with Gasteiger partial charge < -0.3 is 15.3 Å². The van der Waals surface area contributed by atoms with Crippen LogP contribution in [0.5, 0.6) is 0 Å². The van der Waals surface area contributed by atoms with Crippen LogP contribution in [0, 0.1) is 11.6 Å². The minimum absolute atomic E-state index is 0.190. The Morgan fingerprint density at radius 1 is 0.857 bits per heavy atom. The molecule has 0 saturated heterocycles. The van der Waals surface area contributed by atoms with Crippen LogP contribution in [0.4, 0.5) is 8.78 Å². The SMILES string of the molecule is O=c1ccc(-c2n[nH]nc2-c2c[nH]c(CNCc3ccc(F)c(F)c3)c2)c[nH]1. The monoisotopic (exact) mass is 382 g/mol. The van der Waals surface area contributed by atoms with Crippen molar-refractivity contribution in [2.24, 2.45) is 0 Å². The number of H-pyrrole nitrogens is 3. The predicted octanol–water partition coefficient (Wildman–Crippen LogP) is 2.72. The Morgan fingerprint density at radius 3 is 2.39 bits per heavy atom. The van der Waals surface area contributed by atoms with Gasteiger partial charge in [-0.3, -0.25) is 4.79 Å². The summed E-state index contributed by atoms with van der Waals surface area (Å²) in [7, 11) is 0. The molecular formula is C19H16F2N6O. The Morgan fingerprint density at radius 2 is 1.64 bits per heavy atom. The lowest BCUT2D eigenvalue weighted by Gasteiger charge is -2.04. The molecule has 0 amide bonds. The second kappa shape index (κ2) is 7.57. The van der Waals surface area contributed by atoms with Crippen molar-refractivity contribution in [3.8, 4) is 22.5 Å². The second-order valence-corrected chi connectivity index (χ2v) is 6.23. The van der Waals surface area contributed by atoms with Crippen molar-refractivity contribution in [3.63, 3.8) is 0 Å². The summed E-state index contributed by atoms with van der Waals surface area (Å²) >= 11 is 0. The number of hydrogen-bond acceptors (Lipinski definition) is 4. The number of aromatic nitrogens is 5. The van der Waals surface area contributed by atoms with Gasteiger partial charge in [0.1, 0.15) is 11.4 Å². The smallest absolute Gasteiger partial charge is 0.247 e. The van der Waals surface area contributed by atoms with E-state index in [1.807, 2.05) is 12.3 Å². The summed E-state index contributed by atoms with van der Waals surface area (Å²) in [5.74, 6) is -1.72. The Bertz CT molecular complexity index is 1140. The normalized spacial score (nSPS) is 11.1. The number of pyridine rings is 1. The maximum Gasteiger partial charge on any atom is 0.247 e. The molecule has 3 heterocycles. The molecule has 3 aromatic heterocycles. The summed E-state index contributed by atoms with van der Waals surface area (Å²) in [6.45, 7) is 0.906. The summed E-state index contributed by atoms with van der Waals surface area (Å²) in [6.07, 6.45) is 3.39. The van der Waals surface area contributed by atoms with E-state index in [0.29, 0.717) is 30.0 Å². The van der Waals surface area contributed by atoms with Gasteiger partial charge in [-0.05, 0) is 29.8 Å². The molecular weight excluding hydrogens is 366 g/mol. The van der Waals surface area contributed by atoms with E-state index in [1.165, 1.54) is 18.2 Å². The molecule has 4 aromatic rings. The van der Waals surface area contributed by atoms with Crippen molar-refractivity contribution in [1.29, 1.82) is 0 Å². The zero-order valence-corrected chi connectivity index (χ0v) is 14.6. The lowest BCUT2D eigenvalue weighted by Crippen LogP contribution is -2.13. The molecule has 9 heteroatoms. The van der Waals surface area contributed by atoms with Gasteiger partial charge in [0.15, 0.2) is 11.6 Å². The van der Waals surface area contributed by atoms with Crippen molar-refractivity contribution >= 4 is 0 Å². The first-order valence-electron chi connectivity index (χ1n) is 8.52. The van der Waals surface area contributed by atoms with E-state index >= 15 is 0 Å². The van der Waals surface area contributed by atoms with E-state index in [2.05, 4.69) is 30.7 Å². The first-order valence-corrected chi connectivity index (χ1v) is 8.52. The largest absolute Gasteiger partial charge is 0.363 e. The molecule has 0 radical (unpaired) electrons. The van der Waals surface area contributed by atoms with Crippen LogP contribution in [0.25, 0.3) is 22.5 Å². The summed E-state index contributed by atoms with van der Waals surface area (Å²) in [4.78, 5) is 17.0. The topological polar surface area (TPSA) is 102 Å². The maximum atomic E-state index is 13.2. The van der Waals surface area contributed by atoms with Gasteiger partial charge in [0.05, 0.1) is 0 Å². The molecule has 0 atom stereocenters. The quantitative estimate of drug-likeness (QED) is 0.412.